The van der Waals surface area contributed by atoms with Gasteiger partial charge in [-0.2, -0.15) is 0 Å². The largest absolute Gasteiger partial charge is 0.255 e. The van der Waals surface area contributed by atoms with E-state index < -0.39 is 10.8 Å². The van der Waals surface area contributed by atoms with Crippen LogP contribution < -0.4 is 0 Å². The summed E-state index contributed by atoms with van der Waals surface area (Å²) in [7, 11) is -0.921. The summed E-state index contributed by atoms with van der Waals surface area (Å²) in [5.41, 5.74) is 0. The Morgan fingerprint density at radius 1 is 1.60 bits per heavy atom. The van der Waals surface area contributed by atoms with E-state index in [1.807, 2.05) is 0 Å². The lowest BCUT2D eigenvalue weighted by molar-refractivity contribution is 0.686. The van der Waals surface area contributed by atoms with Crippen LogP contribution in [-0.2, 0) is 10.8 Å². The molecule has 1 aromatic heterocycles. The molecule has 0 aliphatic rings. The zero-order valence-corrected chi connectivity index (χ0v) is 7.78. The molecule has 0 bridgehead atoms. The van der Waals surface area contributed by atoms with Gasteiger partial charge in [0.25, 0.3) is 0 Å². The minimum atomic E-state index is -0.921. The number of pyridine rings is 1. The van der Waals surface area contributed by atoms with Crippen molar-refractivity contribution in [2.45, 2.75) is 4.90 Å². The first-order valence-electron chi connectivity index (χ1n) is 2.65. The smallest absolute Gasteiger partial charge is 0.106 e. The molecule has 0 aromatic carbocycles. The van der Waals surface area contributed by atoms with E-state index in [2.05, 4.69) is 20.9 Å². The third kappa shape index (κ3) is 1.88. The summed E-state index contributed by atoms with van der Waals surface area (Å²) < 4.78 is 11.6. The fourth-order valence-corrected chi connectivity index (χ4v) is 1.23. The maximum atomic E-state index is 10.8. The maximum Gasteiger partial charge on any atom is 0.106 e. The van der Waals surface area contributed by atoms with Gasteiger partial charge in [0.05, 0.1) is 15.7 Å². The fourth-order valence-electron chi connectivity index (χ4n) is 0.532. The standard InChI is InChI=1S/C6H6BrNOS/c1-10(9)5-2-3-6(7)8-4-5/h2-4H,1H3/t10-/m1/s1. The van der Waals surface area contributed by atoms with E-state index in [-0.39, 0.29) is 0 Å². The van der Waals surface area contributed by atoms with Crippen LogP contribution in [0.15, 0.2) is 27.8 Å². The number of halogens is 1. The van der Waals surface area contributed by atoms with Gasteiger partial charge >= 0.3 is 0 Å². The highest BCUT2D eigenvalue weighted by atomic mass is 79.9. The molecule has 0 fully saturated rings. The zero-order chi connectivity index (χ0) is 7.56. The van der Waals surface area contributed by atoms with Crippen molar-refractivity contribution in [3.8, 4) is 0 Å². The predicted octanol–water partition coefficient (Wildman–Crippen LogP) is 1.58. The molecule has 0 spiro atoms. The molecular formula is C6H6BrNOS. The Hall–Kier alpha value is -0.220. The average Bonchev–Trinajstić information content (AvgIpc) is 1.88. The first-order valence-corrected chi connectivity index (χ1v) is 5.00. The molecule has 0 radical (unpaired) electrons. The normalized spacial score (nSPS) is 13.0. The molecule has 1 aromatic rings. The second kappa shape index (κ2) is 3.25. The average molecular weight is 220 g/mol. The Bertz CT molecular complexity index is 246. The lowest BCUT2D eigenvalue weighted by Gasteiger charge is -1.93. The zero-order valence-electron chi connectivity index (χ0n) is 5.37. The molecule has 0 aliphatic heterocycles. The van der Waals surface area contributed by atoms with Gasteiger partial charge in [-0.15, -0.1) is 0 Å². The van der Waals surface area contributed by atoms with Crippen LogP contribution in [-0.4, -0.2) is 15.4 Å². The first kappa shape index (κ1) is 7.88. The minimum Gasteiger partial charge on any atom is -0.255 e. The molecule has 0 aliphatic carbocycles. The molecule has 1 atom stereocenters. The van der Waals surface area contributed by atoms with Crippen LogP contribution in [0.2, 0.25) is 0 Å². The van der Waals surface area contributed by atoms with Gasteiger partial charge in [0, 0.05) is 12.5 Å². The first-order chi connectivity index (χ1) is 4.70. The fraction of sp³-hybridized carbons (Fsp3) is 0.167. The van der Waals surface area contributed by atoms with Gasteiger partial charge in [0.1, 0.15) is 4.60 Å². The van der Waals surface area contributed by atoms with Gasteiger partial charge < -0.3 is 0 Å². The highest BCUT2D eigenvalue weighted by Gasteiger charge is 1.95. The molecule has 0 amide bonds. The molecule has 4 heteroatoms. The van der Waals surface area contributed by atoms with Crippen LogP contribution in [0.5, 0.6) is 0 Å². The Morgan fingerprint density at radius 2 is 2.30 bits per heavy atom. The van der Waals surface area contributed by atoms with Gasteiger partial charge in [-0.1, -0.05) is 0 Å². The third-order valence-electron chi connectivity index (χ3n) is 1.03. The molecule has 0 saturated heterocycles. The van der Waals surface area contributed by atoms with E-state index in [1.165, 1.54) is 0 Å². The van der Waals surface area contributed by atoms with Gasteiger partial charge in [0.2, 0.25) is 0 Å². The van der Waals surface area contributed by atoms with E-state index in [0.29, 0.717) is 0 Å². The minimum absolute atomic E-state index is 0.753. The quantitative estimate of drug-likeness (QED) is 0.672. The summed E-state index contributed by atoms with van der Waals surface area (Å²) in [5.74, 6) is 0. The molecule has 2 nitrogen and oxygen atoms in total. The van der Waals surface area contributed by atoms with Crippen molar-refractivity contribution in [1.29, 1.82) is 0 Å². The molecule has 0 unspecified atom stereocenters. The van der Waals surface area contributed by atoms with Crippen LogP contribution in [0.4, 0.5) is 0 Å². The molecule has 1 rings (SSSR count). The van der Waals surface area contributed by atoms with Crippen LogP contribution in [0.25, 0.3) is 0 Å². The predicted molar refractivity (Wildman–Crippen MR) is 44.3 cm³/mol. The van der Waals surface area contributed by atoms with Gasteiger partial charge in [0.15, 0.2) is 0 Å². The van der Waals surface area contributed by atoms with Crippen LogP contribution in [0.1, 0.15) is 0 Å². The van der Waals surface area contributed by atoms with Crippen LogP contribution in [0.3, 0.4) is 0 Å². The van der Waals surface area contributed by atoms with Crippen molar-refractivity contribution in [3.63, 3.8) is 0 Å². The van der Waals surface area contributed by atoms with Crippen molar-refractivity contribution in [2.24, 2.45) is 0 Å². The lowest BCUT2D eigenvalue weighted by atomic mass is 10.5. The summed E-state index contributed by atoms with van der Waals surface area (Å²) in [6.07, 6.45) is 3.23. The topological polar surface area (TPSA) is 30.0 Å². The van der Waals surface area contributed by atoms with Crippen LogP contribution in [0, 0.1) is 0 Å². The van der Waals surface area contributed by atoms with E-state index in [0.717, 1.165) is 9.50 Å². The van der Waals surface area contributed by atoms with Crippen molar-refractivity contribution in [1.82, 2.24) is 4.98 Å². The van der Waals surface area contributed by atoms with Crippen molar-refractivity contribution in [2.75, 3.05) is 6.26 Å². The molecule has 0 saturated carbocycles. The van der Waals surface area contributed by atoms with Crippen molar-refractivity contribution in [3.05, 3.63) is 22.9 Å². The van der Waals surface area contributed by atoms with Gasteiger partial charge in [-0.3, -0.25) is 4.21 Å². The second-order valence-corrected chi connectivity index (χ2v) is 3.96. The number of hydrogen-bond acceptors (Lipinski definition) is 2. The Morgan fingerprint density at radius 3 is 2.70 bits per heavy atom. The van der Waals surface area contributed by atoms with E-state index in [1.54, 1.807) is 24.6 Å². The number of nitrogens with zero attached hydrogens (tertiary/aromatic N) is 1. The highest BCUT2D eigenvalue weighted by Crippen LogP contribution is 2.08. The van der Waals surface area contributed by atoms with E-state index in [4.69, 9.17) is 0 Å². The number of hydrogen-bond donors (Lipinski definition) is 0. The highest BCUT2D eigenvalue weighted by molar-refractivity contribution is 9.10. The number of rotatable bonds is 1. The summed E-state index contributed by atoms with van der Waals surface area (Å²) in [4.78, 5) is 4.68. The summed E-state index contributed by atoms with van der Waals surface area (Å²) in [6, 6.07) is 3.56. The van der Waals surface area contributed by atoms with E-state index >= 15 is 0 Å². The summed E-state index contributed by atoms with van der Waals surface area (Å²) >= 11 is 3.18. The lowest BCUT2D eigenvalue weighted by Crippen LogP contribution is -1.87. The van der Waals surface area contributed by atoms with E-state index in [9.17, 15) is 4.21 Å². The van der Waals surface area contributed by atoms with Crippen LogP contribution >= 0.6 is 15.9 Å². The third-order valence-corrected chi connectivity index (χ3v) is 2.41. The Kier molecular flexibility index (Phi) is 2.56. The van der Waals surface area contributed by atoms with Crippen molar-refractivity contribution < 1.29 is 4.21 Å². The molecular weight excluding hydrogens is 214 g/mol. The Balaban J connectivity index is 3.00. The number of aromatic nitrogens is 1. The molecule has 10 heavy (non-hydrogen) atoms. The Labute approximate surface area is 70.3 Å². The SMILES string of the molecule is C[S@@](=O)c1ccc(Br)nc1. The van der Waals surface area contributed by atoms with Gasteiger partial charge in [-0.25, -0.2) is 4.98 Å². The van der Waals surface area contributed by atoms with Gasteiger partial charge in [-0.05, 0) is 28.1 Å². The maximum absolute atomic E-state index is 10.8. The second-order valence-electron chi connectivity index (χ2n) is 1.77. The summed E-state index contributed by atoms with van der Waals surface area (Å²) in [6.45, 7) is 0. The molecule has 0 N–H and O–H groups in total. The monoisotopic (exact) mass is 219 g/mol. The molecule has 1 heterocycles. The molecule has 54 valence electrons. The van der Waals surface area contributed by atoms with Crippen molar-refractivity contribution >= 4 is 26.7 Å². The summed E-state index contributed by atoms with van der Waals surface area (Å²) in [5, 5.41) is 0.